The maximum Gasteiger partial charge on any atom is 0.228 e. The van der Waals surface area contributed by atoms with Gasteiger partial charge >= 0.3 is 0 Å². The van der Waals surface area contributed by atoms with Crippen molar-refractivity contribution in [2.75, 3.05) is 20.6 Å². The second-order valence-corrected chi connectivity index (χ2v) is 6.59. The fraction of sp³-hybridized carbons (Fsp3) is 0.611. The second-order valence-electron chi connectivity index (χ2n) is 6.59. The van der Waals surface area contributed by atoms with Gasteiger partial charge in [0, 0.05) is 0 Å². The topological polar surface area (TPSA) is 46.3 Å². The van der Waals surface area contributed by atoms with E-state index < -0.39 is 5.41 Å². The van der Waals surface area contributed by atoms with Crippen LogP contribution in [0.3, 0.4) is 0 Å². The Balaban J connectivity index is 2.40. The third-order valence-corrected chi connectivity index (χ3v) is 4.98. The van der Waals surface area contributed by atoms with Gasteiger partial charge in [-0.2, -0.15) is 0 Å². The van der Waals surface area contributed by atoms with Gasteiger partial charge < -0.3 is 10.6 Å². The Hall–Kier alpha value is -1.35. The molecule has 0 heterocycles. The molecule has 1 amide bonds. The van der Waals surface area contributed by atoms with E-state index in [2.05, 4.69) is 31.1 Å². The lowest BCUT2D eigenvalue weighted by molar-refractivity contribution is -0.126. The molecule has 1 atom stereocenters. The summed E-state index contributed by atoms with van der Waals surface area (Å²) >= 11 is 0. The van der Waals surface area contributed by atoms with E-state index in [9.17, 15) is 4.79 Å². The summed E-state index contributed by atoms with van der Waals surface area (Å²) < 4.78 is 0. The Labute approximate surface area is 128 Å². The molecule has 0 spiro atoms. The lowest BCUT2D eigenvalue weighted by Crippen LogP contribution is -2.49. The number of hydrogen-bond donors (Lipinski definition) is 1. The van der Waals surface area contributed by atoms with E-state index in [1.807, 2.05) is 18.2 Å². The van der Waals surface area contributed by atoms with Crippen molar-refractivity contribution in [1.82, 2.24) is 4.90 Å². The van der Waals surface area contributed by atoms with Gasteiger partial charge in [-0.25, -0.2) is 0 Å². The van der Waals surface area contributed by atoms with Crippen molar-refractivity contribution in [3.63, 3.8) is 0 Å². The highest BCUT2D eigenvalue weighted by Gasteiger charge is 2.45. The highest BCUT2D eigenvalue weighted by molar-refractivity contribution is 5.87. The highest BCUT2D eigenvalue weighted by Crippen LogP contribution is 2.43. The summed E-state index contributed by atoms with van der Waals surface area (Å²) in [5.41, 5.74) is 6.56. The van der Waals surface area contributed by atoms with Gasteiger partial charge in [-0.15, -0.1) is 0 Å². The predicted octanol–water partition coefficient (Wildman–Crippen LogP) is 2.94. The third kappa shape index (κ3) is 3.46. The van der Waals surface area contributed by atoms with Crippen LogP contribution in [0.2, 0.25) is 0 Å². The Morgan fingerprint density at radius 1 is 1.19 bits per heavy atom. The van der Waals surface area contributed by atoms with Crippen LogP contribution in [0.5, 0.6) is 0 Å². The molecule has 1 saturated carbocycles. The summed E-state index contributed by atoms with van der Waals surface area (Å²) in [7, 11) is 4.11. The number of rotatable bonds is 6. The lowest BCUT2D eigenvalue weighted by atomic mass is 9.62. The summed E-state index contributed by atoms with van der Waals surface area (Å²) in [6, 6.07) is 10.2. The van der Waals surface area contributed by atoms with Gasteiger partial charge in [-0.3, -0.25) is 4.79 Å². The van der Waals surface area contributed by atoms with E-state index in [1.165, 1.54) is 19.3 Å². The van der Waals surface area contributed by atoms with Crippen molar-refractivity contribution in [1.29, 1.82) is 0 Å². The normalized spacial score (nSPS) is 19.4. The van der Waals surface area contributed by atoms with Gasteiger partial charge in [-0.1, -0.05) is 49.6 Å². The van der Waals surface area contributed by atoms with Crippen LogP contribution in [-0.2, 0) is 10.2 Å². The molecule has 0 bridgehead atoms. The molecule has 3 nitrogen and oxygen atoms in total. The number of carbonyl (C=O) groups excluding carboxylic acids is 1. The minimum atomic E-state index is -0.508. The largest absolute Gasteiger partial charge is 0.369 e. The molecule has 0 saturated heterocycles. The molecule has 0 aromatic heterocycles. The molecular weight excluding hydrogens is 260 g/mol. The average Bonchev–Trinajstić information content (AvgIpc) is 2.49. The molecule has 2 rings (SSSR count). The molecule has 1 unspecified atom stereocenters. The Bertz CT molecular complexity index is 452. The molecule has 0 radical (unpaired) electrons. The maximum absolute atomic E-state index is 12.5. The molecule has 116 valence electrons. The number of primary amides is 1. The minimum absolute atomic E-state index is 0.151. The van der Waals surface area contributed by atoms with Crippen LogP contribution in [0.1, 0.15) is 44.1 Å². The Morgan fingerprint density at radius 3 is 2.33 bits per heavy atom. The maximum atomic E-state index is 12.5. The minimum Gasteiger partial charge on any atom is -0.369 e. The molecule has 2 N–H and O–H groups in total. The van der Waals surface area contributed by atoms with E-state index in [1.54, 1.807) is 0 Å². The summed E-state index contributed by atoms with van der Waals surface area (Å²) in [5.74, 6) is 0.230. The number of carbonyl (C=O) groups is 1. The van der Waals surface area contributed by atoms with Crippen LogP contribution in [0, 0.1) is 5.92 Å². The lowest BCUT2D eigenvalue weighted by Gasteiger charge is -2.41. The molecule has 3 heteroatoms. The van der Waals surface area contributed by atoms with Gasteiger partial charge in [0.2, 0.25) is 5.91 Å². The summed E-state index contributed by atoms with van der Waals surface area (Å²) in [4.78, 5) is 14.7. The Morgan fingerprint density at radius 2 is 1.81 bits per heavy atom. The van der Waals surface area contributed by atoms with Crippen LogP contribution < -0.4 is 5.73 Å². The first kappa shape index (κ1) is 16.0. The van der Waals surface area contributed by atoms with Gasteiger partial charge in [0.15, 0.2) is 0 Å². The van der Waals surface area contributed by atoms with E-state index in [0.29, 0.717) is 5.92 Å². The summed E-state index contributed by atoms with van der Waals surface area (Å²) in [5, 5.41) is 0. The monoisotopic (exact) mass is 288 g/mol. The van der Waals surface area contributed by atoms with Crippen molar-refractivity contribution in [2.45, 2.75) is 43.9 Å². The van der Waals surface area contributed by atoms with Gasteiger partial charge in [0.05, 0.1) is 5.41 Å². The summed E-state index contributed by atoms with van der Waals surface area (Å²) in [6.45, 7) is 0.883. The zero-order chi connectivity index (χ0) is 15.3. The molecular formula is C18H28N2O. The van der Waals surface area contributed by atoms with Crippen molar-refractivity contribution in [2.24, 2.45) is 11.7 Å². The second kappa shape index (κ2) is 7.08. The zero-order valence-electron chi connectivity index (χ0n) is 13.3. The van der Waals surface area contributed by atoms with Crippen LogP contribution in [-0.4, -0.2) is 31.4 Å². The number of hydrogen-bond acceptors (Lipinski definition) is 2. The van der Waals surface area contributed by atoms with Gasteiger partial charge in [-0.05, 0) is 51.4 Å². The molecule has 1 aliphatic carbocycles. The van der Waals surface area contributed by atoms with Gasteiger partial charge in [0.25, 0.3) is 0 Å². The third-order valence-electron chi connectivity index (χ3n) is 4.98. The van der Waals surface area contributed by atoms with E-state index in [4.69, 9.17) is 5.73 Å². The standard InChI is InChI=1S/C18H28N2O/c1-20(2)14-13-18(17(19)21,15-9-5-3-6-10-15)16-11-7-4-8-12-16/h3,5-6,9-10,16H,4,7-8,11-14H2,1-2H3,(H2,19,21). The first-order chi connectivity index (χ1) is 10.1. The zero-order valence-corrected chi connectivity index (χ0v) is 13.3. The molecule has 1 aromatic rings. The first-order valence-corrected chi connectivity index (χ1v) is 8.07. The Kier molecular flexibility index (Phi) is 5.40. The van der Waals surface area contributed by atoms with E-state index in [-0.39, 0.29) is 5.91 Å². The molecule has 21 heavy (non-hydrogen) atoms. The van der Waals surface area contributed by atoms with Crippen LogP contribution >= 0.6 is 0 Å². The number of amides is 1. The fourth-order valence-corrected chi connectivity index (χ4v) is 3.78. The van der Waals surface area contributed by atoms with Crippen LogP contribution in [0.15, 0.2) is 30.3 Å². The SMILES string of the molecule is CN(C)CCC(C(N)=O)(c1ccccc1)C1CCCCC1. The quantitative estimate of drug-likeness (QED) is 0.875. The molecule has 1 fully saturated rings. The highest BCUT2D eigenvalue weighted by atomic mass is 16.1. The summed E-state index contributed by atoms with van der Waals surface area (Å²) in [6.07, 6.45) is 6.76. The molecule has 1 aromatic carbocycles. The fourth-order valence-electron chi connectivity index (χ4n) is 3.78. The smallest absolute Gasteiger partial charge is 0.228 e. The average molecular weight is 288 g/mol. The number of benzene rings is 1. The van der Waals surface area contributed by atoms with E-state index >= 15 is 0 Å². The predicted molar refractivity (Wildman–Crippen MR) is 87.1 cm³/mol. The van der Waals surface area contributed by atoms with Crippen molar-refractivity contribution in [3.8, 4) is 0 Å². The first-order valence-electron chi connectivity index (χ1n) is 8.07. The van der Waals surface area contributed by atoms with Crippen molar-refractivity contribution in [3.05, 3.63) is 35.9 Å². The number of nitrogens with two attached hydrogens (primary N) is 1. The molecule has 1 aliphatic rings. The van der Waals surface area contributed by atoms with Crippen molar-refractivity contribution < 1.29 is 4.79 Å². The van der Waals surface area contributed by atoms with Gasteiger partial charge in [0.1, 0.15) is 0 Å². The van der Waals surface area contributed by atoms with Crippen LogP contribution in [0.4, 0.5) is 0 Å². The van der Waals surface area contributed by atoms with Crippen molar-refractivity contribution >= 4 is 5.91 Å². The van der Waals surface area contributed by atoms with Crippen LogP contribution in [0.25, 0.3) is 0 Å². The molecule has 0 aliphatic heterocycles. The number of nitrogens with zero attached hydrogens (tertiary/aromatic N) is 1. The van der Waals surface area contributed by atoms with E-state index in [0.717, 1.165) is 31.4 Å².